The Bertz CT molecular complexity index is 822. The predicted molar refractivity (Wildman–Crippen MR) is 139 cm³/mol. The van der Waals surface area contributed by atoms with Gasteiger partial charge < -0.3 is 20.1 Å². The van der Waals surface area contributed by atoms with Gasteiger partial charge in [0, 0.05) is 42.8 Å². The van der Waals surface area contributed by atoms with Crippen molar-refractivity contribution >= 4 is 41.3 Å². The highest BCUT2D eigenvalue weighted by Crippen LogP contribution is 2.23. The summed E-state index contributed by atoms with van der Waals surface area (Å²) in [5.41, 5.74) is 2.27. The van der Waals surface area contributed by atoms with Crippen molar-refractivity contribution in [2.24, 2.45) is 4.99 Å². The van der Waals surface area contributed by atoms with Gasteiger partial charge in [-0.15, -0.1) is 35.3 Å². The third-order valence-electron chi connectivity index (χ3n) is 5.00. The Morgan fingerprint density at radius 3 is 2.90 bits per heavy atom. The van der Waals surface area contributed by atoms with Crippen LogP contribution < -0.4 is 15.4 Å². The first kappa shape index (κ1) is 25.9. The van der Waals surface area contributed by atoms with E-state index >= 15 is 0 Å². The van der Waals surface area contributed by atoms with E-state index in [0.29, 0.717) is 13.2 Å². The molecule has 1 atom stereocenters. The van der Waals surface area contributed by atoms with Crippen LogP contribution in [-0.2, 0) is 24.1 Å². The van der Waals surface area contributed by atoms with Crippen LogP contribution in [0.2, 0.25) is 0 Å². The van der Waals surface area contributed by atoms with Crippen molar-refractivity contribution in [2.75, 3.05) is 26.3 Å². The van der Waals surface area contributed by atoms with Crippen LogP contribution in [0.15, 0.2) is 29.4 Å². The summed E-state index contributed by atoms with van der Waals surface area (Å²) in [6.07, 6.45) is 6.33. The van der Waals surface area contributed by atoms with Crippen molar-refractivity contribution in [1.29, 1.82) is 0 Å². The number of hydrogen-bond acceptors (Lipinski definition) is 5. The first-order chi connectivity index (χ1) is 14.7. The predicted octanol–water partition coefficient (Wildman–Crippen LogP) is 4.49. The number of nitrogens with zero attached hydrogens (tertiary/aromatic N) is 2. The smallest absolute Gasteiger partial charge is 0.191 e. The van der Waals surface area contributed by atoms with Crippen molar-refractivity contribution in [3.8, 4) is 5.75 Å². The lowest BCUT2D eigenvalue weighted by molar-refractivity contribution is 0.0676. The Balaban J connectivity index is 0.00000341. The molecule has 8 heteroatoms. The van der Waals surface area contributed by atoms with E-state index in [0.717, 1.165) is 62.7 Å². The molecule has 2 heterocycles. The monoisotopic (exact) mass is 558 g/mol. The largest absolute Gasteiger partial charge is 0.491 e. The van der Waals surface area contributed by atoms with E-state index in [-0.39, 0.29) is 30.1 Å². The molecule has 0 aliphatic carbocycles. The quantitative estimate of drug-likeness (QED) is 0.256. The molecule has 3 rings (SSSR count). The van der Waals surface area contributed by atoms with Crippen LogP contribution in [0.5, 0.6) is 5.75 Å². The van der Waals surface area contributed by atoms with Gasteiger partial charge in [-0.25, -0.2) is 9.98 Å². The Labute approximate surface area is 207 Å². The van der Waals surface area contributed by atoms with Gasteiger partial charge in [0.25, 0.3) is 0 Å². The number of hydrogen-bond donors (Lipinski definition) is 2. The van der Waals surface area contributed by atoms with E-state index in [9.17, 15) is 0 Å². The lowest BCUT2D eigenvalue weighted by atomic mass is 10.1. The maximum Gasteiger partial charge on any atom is 0.191 e. The zero-order chi connectivity index (χ0) is 21.2. The van der Waals surface area contributed by atoms with Crippen LogP contribution in [0.3, 0.4) is 0 Å². The zero-order valence-corrected chi connectivity index (χ0v) is 21.9. The first-order valence-electron chi connectivity index (χ1n) is 11.0. The molecule has 1 fully saturated rings. The van der Waals surface area contributed by atoms with Gasteiger partial charge in [0.05, 0.1) is 17.7 Å². The fourth-order valence-electron chi connectivity index (χ4n) is 3.31. The molecule has 1 aliphatic rings. The highest BCUT2D eigenvalue weighted by Gasteiger charge is 2.17. The van der Waals surface area contributed by atoms with E-state index in [2.05, 4.69) is 54.6 Å². The van der Waals surface area contributed by atoms with Crippen molar-refractivity contribution < 1.29 is 9.47 Å². The van der Waals surface area contributed by atoms with Gasteiger partial charge in [-0.1, -0.05) is 19.1 Å². The zero-order valence-electron chi connectivity index (χ0n) is 18.8. The molecule has 0 amide bonds. The summed E-state index contributed by atoms with van der Waals surface area (Å²) >= 11 is 1.79. The third-order valence-corrected chi connectivity index (χ3v) is 6.21. The average Bonchev–Trinajstić information content (AvgIpc) is 3.43. The number of aromatic nitrogens is 1. The van der Waals surface area contributed by atoms with Crippen molar-refractivity contribution in [1.82, 2.24) is 15.6 Å². The van der Waals surface area contributed by atoms with Crippen LogP contribution >= 0.6 is 35.3 Å². The molecule has 1 saturated heterocycles. The van der Waals surface area contributed by atoms with E-state index in [1.54, 1.807) is 11.3 Å². The van der Waals surface area contributed by atoms with E-state index in [1.807, 2.05) is 6.20 Å². The molecule has 31 heavy (non-hydrogen) atoms. The molecule has 1 unspecified atom stereocenters. The average molecular weight is 559 g/mol. The van der Waals surface area contributed by atoms with Crippen LogP contribution in [-0.4, -0.2) is 43.4 Å². The Morgan fingerprint density at radius 2 is 2.19 bits per heavy atom. The Kier molecular flexibility index (Phi) is 11.6. The van der Waals surface area contributed by atoms with E-state index in [1.165, 1.54) is 15.4 Å². The summed E-state index contributed by atoms with van der Waals surface area (Å²) in [6, 6.07) is 6.31. The van der Waals surface area contributed by atoms with Gasteiger partial charge >= 0.3 is 0 Å². The molecule has 0 radical (unpaired) electrons. The molecule has 1 aliphatic heterocycles. The summed E-state index contributed by atoms with van der Waals surface area (Å²) in [4.78, 5) is 10.6. The molecule has 0 saturated carbocycles. The molecular formula is C23H35IN4O2S. The molecule has 172 valence electrons. The first-order valence-corrected chi connectivity index (χ1v) is 11.8. The fraction of sp³-hybridized carbons (Fsp3) is 0.565. The number of aliphatic imine (C=N–C) groups is 1. The van der Waals surface area contributed by atoms with Crippen molar-refractivity contribution in [3.05, 3.63) is 45.4 Å². The van der Waals surface area contributed by atoms with E-state index < -0.39 is 0 Å². The van der Waals surface area contributed by atoms with Gasteiger partial charge in [-0.05, 0) is 44.7 Å². The van der Waals surface area contributed by atoms with Crippen LogP contribution in [0, 0.1) is 6.92 Å². The number of ether oxygens (including phenoxy) is 2. The number of aryl methyl sites for hydroxylation is 2. The summed E-state index contributed by atoms with van der Waals surface area (Å²) in [5.74, 6) is 1.72. The maximum absolute atomic E-state index is 6.10. The summed E-state index contributed by atoms with van der Waals surface area (Å²) in [7, 11) is 0. The van der Waals surface area contributed by atoms with Crippen LogP contribution in [0.25, 0.3) is 0 Å². The second-order valence-electron chi connectivity index (χ2n) is 7.50. The van der Waals surface area contributed by atoms with E-state index in [4.69, 9.17) is 14.5 Å². The topological polar surface area (TPSA) is 67.8 Å². The molecule has 2 N–H and O–H groups in total. The van der Waals surface area contributed by atoms with Gasteiger partial charge in [-0.3, -0.25) is 0 Å². The normalized spacial score (nSPS) is 16.1. The van der Waals surface area contributed by atoms with Crippen molar-refractivity contribution in [3.63, 3.8) is 0 Å². The van der Waals surface area contributed by atoms with Crippen LogP contribution in [0.4, 0.5) is 0 Å². The fourth-order valence-corrected chi connectivity index (χ4v) is 4.17. The molecule has 1 aromatic carbocycles. The third kappa shape index (κ3) is 8.57. The van der Waals surface area contributed by atoms with Gasteiger partial charge in [-0.2, -0.15) is 0 Å². The number of guanidine groups is 1. The lowest BCUT2D eigenvalue weighted by Gasteiger charge is -2.15. The highest BCUT2D eigenvalue weighted by atomic mass is 127. The minimum atomic E-state index is 0. The summed E-state index contributed by atoms with van der Waals surface area (Å²) in [5, 5.41) is 7.91. The Morgan fingerprint density at radius 1 is 1.32 bits per heavy atom. The Hall–Kier alpha value is -1.39. The number of rotatable bonds is 10. The van der Waals surface area contributed by atoms with Gasteiger partial charge in [0.2, 0.25) is 0 Å². The number of nitrogens with one attached hydrogen (secondary N) is 2. The maximum atomic E-state index is 6.10. The van der Waals surface area contributed by atoms with Crippen LogP contribution in [0.1, 0.15) is 47.7 Å². The highest BCUT2D eigenvalue weighted by molar-refractivity contribution is 14.0. The molecular weight excluding hydrogens is 523 g/mol. The molecule has 0 bridgehead atoms. The number of halogens is 1. The second-order valence-corrected chi connectivity index (χ2v) is 8.70. The molecule has 6 nitrogen and oxygen atoms in total. The molecule has 0 spiro atoms. The SMILES string of the molecule is CCNC(=NCc1ccc(C)cc1OCC1CCCO1)NCCc1ncc(CC)s1.I. The van der Waals surface area contributed by atoms with Gasteiger partial charge in [0.15, 0.2) is 5.96 Å². The standard InChI is InChI=1S/C23H34N4O2S.HI/c1-4-20-15-26-22(30-20)10-11-25-23(24-5-2)27-14-18-9-8-17(3)13-21(18)29-16-19-7-6-12-28-19;/h8-9,13,15,19H,4-7,10-12,14,16H2,1-3H3,(H2,24,25,27);1H. The number of benzene rings is 1. The summed E-state index contributed by atoms with van der Waals surface area (Å²) in [6.45, 7) is 9.96. The summed E-state index contributed by atoms with van der Waals surface area (Å²) < 4.78 is 11.8. The lowest BCUT2D eigenvalue weighted by Crippen LogP contribution is -2.38. The second kappa shape index (κ2) is 13.9. The molecule has 2 aromatic rings. The minimum Gasteiger partial charge on any atom is -0.491 e. The van der Waals surface area contributed by atoms with Crippen molar-refractivity contribution in [2.45, 2.75) is 59.1 Å². The molecule has 1 aromatic heterocycles. The minimum absolute atomic E-state index is 0. The number of thiazole rings is 1. The van der Waals surface area contributed by atoms with Gasteiger partial charge in [0.1, 0.15) is 12.4 Å².